The van der Waals surface area contributed by atoms with Gasteiger partial charge in [0.15, 0.2) is 0 Å². The summed E-state index contributed by atoms with van der Waals surface area (Å²) in [7, 11) is 1.23. The molecule has 0 aliphatic heterocycles. The van der Waals surface area contributed by atoms with Crippen LogP contribution in [0.2, 0.25) is 0 Å². The molecule has 0 fully saturated rings. The Morgan fingerprint density at radius 1 is 0.718 bits per heavy atom. The van der Waals surface area contributed by atoms with Crippen LogP contribution in [-0.4, -0.2) is 67.7 Å². The van der Waals surface area contributed by atoms with Gasteiger partial charge in [-0.05, 0) is 31.9 Å². The van der Waals surface area contributed by atoms with Crippen molar-refractivity contribution in [1.82, 2.24) is 21.3 Å². The number of hydrogen-bond acceptors (Lipinski definition) is 7. The molecular weight excluding hydrogens is 504 g/mol. The summed E-state index contributed by atoms with van der Waals surface area (Å²) in [6, 6.07) is 16.2. The molecule has 2 atom stereocenters. The van der Waals surface area contributed by atoms with E-state index in [2.05, 4.69) is 21.3 Å². The number of rotatable bonds is 12. The van der Waals surface area contributed by atoms with Crippen LogP contribution < -0.4 is 21.3 Å². The lowest BCUT2D eigenvalue weighted by Gasteiger charge is -2.23. The third-order valence-corrected chi connectivity index (χ3v) is 5.26. The Morgan fingerprint density at radius 2 is 1.23 bits per heavy atom. The number of carbonyl (C=O) groups excluding carboxylic acids is 5. The van der Waals surface area contributed by atoms with Crippen LogP contribution in [0.4, 0.5) is 4.79 Å². The number of alkyl carbamates (subject to hydrolysis) is 1. The van der Waals surface area contributed by atoms with E-state index in [-0.39, 0.29) is 12.8 Å². The maximum Gasteiger partial charge on any atom is 0.408 e. The van der Waals surface area contributed by atoms with Gasteiger partial charge in [0.2, 0.25) is 17.7 Å². The largest absolute Gasteiger partial charge is 0.467 e. The first-order valence-electron chi connectivity index (χ1n) is 12.5. The molecule has 0 saturated heterocycles. The highest BCUT2D eigenvalue weighted by Gasteiger charge is 2.28. The topological polar surface area (TPSA) is 152 Å². The molecule has 2 aromatic rings. The predicted molar refractivity (Wildman–Crippen MR) is 143 cm³/mol. The average Bonchev–Trinajstić information content (AvgIpc) is 2.89. The predicted octanol–water partition coefficient (Wildman–Crippen LogP) is 1.26. The molecule has 0 spiro atoms. The zero-order chi connectivity index (χ0) is 28.8. The molecule has 11 nitrogen and oxygen atoms in total. The lowest BCUT2D eigenvalue weighted by Crippen LogP contribution is -2.54. The molecule has 0 aromatic heterocycles. The highest BCUT2D eigenvalue weighted by Crippen LogP contribution is 2.08. The molecule has 0 aliphatic carbocycles. The maximum absolute atomic E-state index is 13.3. The molecule has 0 unspecified atom stereocenters. The van der Waals surface area contributed by atoms with Gasteiger partial charge in [0.1, 0.15) is 24.2 Å². The van der Waals surface area contributed by atoms with E-state index >= 15 is 0 Å². The third-order valence-electron chi connectivity index (χ3n) is 5.26. The maximum atomic E-state index is 13.3. The van der Waals surface area contributed by atoms with E-state index < -0.39 is 60.6 Å². The molecule has 39 heavy (non-hydrogen) atoms. The zero-order valence-corrected chi connectivity index (χ0v) is 22.6. The van der Waals surface area contributed by atoms with E-state index in [0.29, 0.717) is 0 Å². The number of amides is 4. The fourth-order valence-corrected chi connectivity index (χ4v) is 3.47. The molecule has 11 heteroatoms. The smallest absolute Gasteiger partial charge is 0.408 e. The van der Waals surface area contributed by atoms with Crippen LogP contribution in [0.15, 0.2) is 60.7 Å². The summed E-state index contributed by atoms with van der Waals surface area (Å²) < 4.78 is 9.93. The average molecular weight is 541 g/mol. The molecule has 0 bridgehead atoms. The summed E-state index contributed by atoms with van der Waals surface area (Å²) in [5.74, 6) is -2.46. The minimum Gasteiger partial charge on any atom is -0.467 e. The standard InChI is InChI=1S/C28H36N4O7/c1-28(2,3)39-27(37)30-17-23(33)29-18-24(34)31-21(15-19-11-7-5-8-12-19)25(35)32-22(26(36)38-4)16-20-13-9-6-10-14-20/h5-14,21-22H,15-18H2,1-4H3,(H,29,33)(H,30,37)(H,31,34)(H,32,35)/t21-,22+/m0/s1. The molecule has 4 amide bonds. The van der Waals surface area contributed by atoms with E-state index in [1.165, 1.54) is 7.11 Å². The monoisotopic (exact) mass is 540 g/mol. The Morgan fingerprint density at radius 3 is 1.74 bits per heavy atom. The summed E-state index contributed by atoms with van der Waals surface area (Å²) >= 11 is 0. The van der Waals surface area contributed by atoms with Crippen LogP contribution in [-0.2, 0) is 41.5 Å². The first-order valence-corrected chi connectivity index (χ1v) is 12.5. The van der Waals surface area contributed by atoms with Crippen molar-refractivity contribution in [2.75, 3.05) is 20.2 Å². The third kappa shape index (κ3) is 12.1. The highest BCUT2D eigenvalue weighted by molar-refractivity contribution is 5.92. The van der Waals surface area contributed by atoms with Gasteiger partial charge in [-0.3, -0.25) is 14.4 Å². The number of benzene rings is 2. The second-order valence-corrected chi connectivity index (χ2v) is 9.72. The van der Waals surface area contributed by atoms with Gasteiger partial charge in [-0.25, -0.2) is 9.59 Å². The van der Waals surface area contributed by atoms with Crippen LogP contribution in [0, 0.1) is 0 Å². The van der Waals surface area contributed by atoms with Crippen molar-refractivity contribution < 1.29 is 33.4 Å². The minimum atomic E-state index is -1.04. The van der Waals surface area contributed by atoms with E-state index in [1.54, 1.807) is 45.0 Å². The fourth-order valence-electron chi connectivity index (χ4n) is 3.47. The molecule has 0 aliphatic rings. The Bertz CT molecular complexity index is 1120. The highest BCUT2D eigenvalue weighted by atomic mass is 16.6. The summed E-state index contributed by atoms with van der Waals surface area (Å²) in [6.07, 6.45) is -0.421. The summed E-state index contributed by atoms with van der Waals surface area (Å²) in [5, 5.41) is 9.98. The molecule has 2 aromatic carbocycles. The quantitative estimate of drug-likeness (QED) is 0.296. The summed E-state index contributed by atoms with van der Waals surface area (Å²) in [4.78, 5) is 62.1. The minimum absolute atomic E-state index is 0.145. The van der Waals surface area contributed by atoms with E-state index in [4.69, 9.17) is 9.47 Å². The second-order valence-electron chi connectivity index (χ2n) is 9.72. The number of hydrogen-bond donors (Lipinski definition) is 4. The second kappa shape index (κ2) is 15.1. The van der Waals surface area contributed by atoms with Crippen LogP contribution in [0.25, 0.3) is 0 Å². The van der Waals surface area contributed by atoms with Gasteiger partial charge >= 0.3 is 12.1 Å². The van der Waals surface area contributed by atoms with E-state index in [1.807, 2.05) is 36.4 Å². The molecule has 0 saturated carbocycles. The number of ether oxygens (including phenoxy) is 2. The van der Waals surface area contributed by atoms with Gasteiger partial charge in [0, 0.05) is 12.8 Å². The van der Waals surface area contributed by atoms with E-state index in [0.717, 1.165) is 11.1 Å². The summed E-state index contributed by atoms with van der Waals surface area (Å²) in [5.41, 5.74) is 0.878. The number of methoxy groups -OCH3 is 1. The molecule has 0 radical (unpaired) electrons. The Kier molecular flexibility index (Phi) is 11.9. The molecule has 2 rings (SSSR count). The Balaban J connectivity index is 2.02. The lowest BCUT2D eigenvalue weighted by molar-refractivity contribution is -0.145. The van der Waals surface area contributed by atoms with Crippen molar-refractivity contribution >= 4 is 29.8 Å². The number of esters is 1. The van der Waals surface area contributed by atoms with Crippen LogP contribution in [0.1, 0.15) is 31.9 Å². The molecule has 4 N–H and O–H groups in total. The van der Waals surface area contributed by atoms with Crippen molar-refractivity contribution in [3.63, 3.8) is 0 Å². The van der Waals surface area contributed by atoms with Crippen molar-refractivity contribution in [2.45, 2.75) is 51.3 Å². The number of nitrogens with one attached hydrogen (secondary N) is 4. The van der Waals surface area contributed by atoms with Gasteiger partial charge in [-0.15, -0.1) is 0 Å². The summed E-state index contributed by atoms with van der Waals surface area (Å²) in [6.45, 7) is 4.24. The van der Waals surface area contributed by atoms with Crippen molar-refractivity contribution in [2.24, 2.45) is 0 Å². The SMILES string of the molecule is COC(=O)[C@@H](Cc1ccccc1)NC(=O)[C@H](Cc1ccccc1)NC(=O)CNC(=O)CNC(=O)OC(C)(C)C. The van der Waals surface area contributed by atoms with Crippen LogP contribution >= 0.6 is 0 Å². The van der Waals surface area contributed by atoms with E-state index in [9.17, 15) is 24.0 Å². The van der Waals surface area contributed by atoms with Gasteiger partial charge in [-0.1, -0.05) is 60.7 Å². The van der Waals surface area contributed by atoms with Gasteiger partial charge in [-0.2, -0.15) is 0 Å². The zero-order valence-electron chi connectivity index (χ0n) is 22.6. The fraction of sp³-hybridized carbons (Fsp3) is 0.393. The lowest BCUT2D eigenvalue weighted by atomic mass is 10.0. The molecule has 0 heterocycles. The Labute approximate surface area is 228 Å². The van der Waals surface area contributed by atoms with Crippen LogP contribution in [0.5, 0.6) is 0 Å². The van der Waals surface area contributed by atoms with Gasteiger partial charge in [0.25, 0.3) is 0 Å². The van der Waals surface area contributed by atoms with Crippen molar-refractivity contribution in [1.29, 1.82) is 0 Å². The van der Waals surface area contributed by atoms with Gasteiger partial charge < -0.3 is 30.7 Å². The molecular formula is C28H36N4O7. The molecule has 210 valence electrons. The van der Waals surface area contributed by atoms with Crippen LogP contribution in [0.3, 0.4) is 0 Å². The van der Waals surface area contributed by atoms with Crippen molar-refractivity contribution in [3.8, 4) is 0 Å². The normalized spacial score (nSPS) is 12.3. The first-order chi connectivity index (χ1) is 18.5. The van der Waals surface area contributed by atoms with Crippen molar-refractivity contribution in [3.05, 3.63) is 71.8 Å². The first kappa shape index (κ1) is 30.8. The Hall–Kier alpha value is -4.41. The van der Waals surface area contributed by atoms with Gasteiger partial charge in [0.05, 0.1) is 13.7 Å². The number of carbonyl (C=O) groups is 5.